The van der Waals surface area contributed by atoms with Crippen molar-refractivity contribution >= 4 is 5.78 Å². The van der Waals surface area contributed by atoms with E-state index in [0.29, 0.717) is 12.0 Å². The third-order valence-electron chi connectivity index (χ3n) is 3.70. The predicted octanol–water partition coefficient (Wildman–Crippen LogP) is 2.87. The Morgan fingerprint density at radius 2 is 2.17 bits per heavy atom. The van der Waals surface area contributed by atoms with Gasteiger partial charge >= 0.3 is 0 Å². The summed E-state index contributed by atoms with van der Waals surface area (Å²) >= 11 is 0. The Morgan fingerprint density at radius 3 is 2.89 bits per heavy atom. The molecule has 3 atom stereocenters. The first-order valence-corrected chi connectivity index (χ1v) is 5.66. The van der Waals surface area contributed by atoms with Gasteiger partial charge in [-0.15, -0.1) is 0 Å². The molecule has 4 nitrogen and oxygen atoms in total. The van der Waals surface area contributed by atoms with Crippen LogP contribution in [0.2, 0.25) is 0 Å². The molecule has 1 unspecified atom stereocenters. The van der Waals surface area contributed by atoms with Crippen LogP contribution in [0.4, 0.5) is 8.78 Å². The molecule has 1 fully saturated rings. The summed E-state index contributed by atoms with van der Waals surface area (Å²) in [6.07, 6.45) is 0.517. The van der Waals surface area contributed by atoms with Crippen LogP contribution in [-0.4, -0.2) is 11.8 Å². The first kappa shape index (κ1) is 11.2. The highest BCUT2D eigenvalue weighted by atomic mass is 19.1. The van der Waals surface area contributed by atoms with E-state index in [1.807, 2.05) is 0 Å². The molecule has 1 aromatic rings. The highest BCUT2D eigenvalue weighted by Crippen LogP contribution is 2.54. The molecule has 6 heteroatoms. The molecule has 0 saturated heterocycles. The van der Waals surface area contributed by atoms with Gasteiger partial charge in [-0.25, -0.2) is 8.78 Å². The van der Waals surface area contributed by atoms with E-state index in [2.05, 4.69) is 10.0 Å². The fourth-order valence-corrected chi connectivity index (χ4v) is 2.79. The van der Waals surface area contributed by atoms with Crippen molar-refractivity contribution in [1.29, 1.82) is 0 Å². The van der Waals surface area contributed by atoms with Gasteiger partial charge in [0, 0.05) is 17.4 Å². The molecule has 0 spiro atoms. The zero-order valence-electron chi connectivity index (χ0n) is 9.31. The fraction of sp³-hybridized carbons (Fsp3) is 0.417. The Bertz CT molecular complexity index is 595. The number of azide groups is 1. The second-order valence-corrected chi connectivity index (χ2v) is 4.75. The van der Waals surface area contributed by atoms with Gasteiger partial charge in [-0.05, 0) is 41.0 Å². The largest absolute Gasteiger partial charge is 0.299 e. The molecule has 18 heavy (non-hydrogen) atoms. The number of Topliss-reactive ketones (excluding diaryl/α,β-unsaturated/α-hetero) is 1. The van der Waals surface area contributed by atoms with E-state index in [9.17, 15) is 13.6 Å². The number of carbonyl (C=O) groups excluding carboxylic acids is 1. The van der Waals surface area contributed by atoms with Crippen molar-refractivity contribution in [3.05, 3.63) is 45.3 Å². The summed E-state index contributed by atoms with van der Waals surface area (Å²) in [7, 11) is 0. The van der Waals surface area contributed by atoms with Gasteiger partial charge in [0.2, 0.25) is 0 Å². The van der Waals surface area contributed by atoms with Crippen LogP contribution < -0.4 is 0 Å². The number of carbonyl (C=O) groups is 1. The summed E-state index contributed by atoms with van der Waals surface area (Å²) in [5, 5.41) is 3.50. The molecule has 92 valence electrons. The van der Waals surface area contributed by atoms with Crippen molar-refractivity contribution in [2.24, 2.45) is 11.0 Å². The summed E-state index contributed by atoms with van der Waals surface area (Å²) in [5.74, 6) is -1.77. The van der Waals surface area contributed by atoms with E-state index in [0.717, 1.165) is 6.07 Å². The maximum atomic E-state index is 13.7. The summed E-state index contributed by atoms with van der Waals surface area (Å²) in [5.41, 5.74) is 9.26. The van der Waals surface area contributed by atoms with Crippen molar-refractivity contribution in [3.63, 3.8) is 0 Å². The first-order valence-electron chi connectivity index (χ1n) is 5.66. The van der Waals surface area contributed by atoms with E-state index >= 15 is 0 Å². The zero-order valence-corrected chi connectivity index (χ0v) is 9.31. The maximum Gasteiger partial charge on any atom is 0.146 e. The molecule has 2 aliphatic carbocycles. The molecule has 0 aromatic heterocycles. The van der Waals surface area contributed by atoms with Gasteiger partial charge < -0.3 is 0 Å². The standard InChI is InChI=1S/C12H9F2N3O/c13-5-1-6-7-3-9(7)12(16-17-15)11(18)4-8(6)10(14)2-5/h1-2,7,9,12H,3-4H2/t7-,9?,12-/m0/s1. The molecule has 0 N–H and O–H groups in total. The monoisotopic (exact) mass is 249 g/mol. The number of benzene rings is 1. The highest BCUT2D eigenvalue weighted by Gasteiger charge is 2.49. The first-order chi connectivity index (χ1) is 8.61. The van der Waals surface area contributed by atoms with Crippen LogP contribution >= 0.6 is 0 Å². The van der Waals surface area contributed by atoms with E-state index < -0.39 is 17.7 Å². The molecule has 0 bridgehead atoms. The SMILES string of the molecule is [N-]=[N+]=N[C@@H]1C(=O)Cc2c(F)cc(F)cc2[C@@H]2CC12. The van der Waals surface area contributed by atoms with Crippen molar-refractivity contribution in [2.45, 2.75) is 24.8 Å². The lowest BCUT2D eigenvalue weighted by Gasteiger charge is -2.08. The van der Waals surface area contributed by atoms with Crippen LogP contribution in [0.1, 0.15) is 23.5 Å². The van der Waals surface area contributed by atoms with E-state index in [1.165, 1.54) is 6.07 Å². The minimum Gasteiger partial charge on any atom is -0.299 e. The number of halogens is 2. The molecular formula is C12H9F2N3O. The minimum absolute atomic E-state index is 0.0628. The summed E-state index contributed by atoms with van der Waals surface area (Å²) in [6, 6.07) is 1.33. The van der Waals surface area contributed by atoms with Gasteiger partial charge in [0.05, 0.1) is 6.04 Å². The Hall–Kier alpha value is -1.94. The van der Waals surface area contributed by atoms with Crippen LogP contribution in [0.25, 0.3) is 10.4 Å². The molecule has 3 rings (SSSR count). The van der Waals surface area contributed by atoms with E-state index in [4.69, 9.17) is 5.53 Å². The van der Waals surface area contributed by atoms with Crippen LogP contribution in [0.5, 0.6) is 0 Å². The van der Waals surface area contributed by atoms with E-state index in [-0.39, 0.29) is 29.6 Å². The smallest absolute Gasteiger partial charge is 0.146 e. The van der Waals surface area contributed by atoms with Crippen LogP contribution in [0, 0.1) is 17.6 Å². The Labute approximate surface area is 101 Å². The molecule has 1 saturated carbocycles. The summed E-state index contributed by atoms with van der Waals surface area (Å²) in [6.45, 7) is 0. The molecule has 0 aliphatic heterocycles. The van der Waals surface area contributed by atoms with Crippen molar-refractivity contribution in [1.82, 2.24) is 0 Å². The number of hydrogen-bond acceptors (Lipinski definition) is 2. The van der Waals surface area contributed by atoms with Gasteiger partial charge in [-0.1, -0.05) is 5.11 Å². The van der Waals surface area contributed by atoms with Crippen molar-refractivity contribution < 1.29 is 13.6 Å². The normalized spacial score (nSPS) is 28.8. The molecule has 0 heterocycles. The number of ketones is 1. The van der Waals surface area contributed by atoms with Crippen LogP contribution in [0.3, 0.4) is 0 Å². The molecule has 2 aliphatic rings. The van der Waals surface area contributed by atoms with Gasteiger partial charge in [-0.2, -0.15) is 0 Å². The van der Waals surface area contributed by atoms with Crippen molar-refractivity contribution in [3.8, 4) is 0 Å². The van der Waals surface area contributed by atoms with Gasteiger partial charge in [0.15, 0.2) is 0 Å². The van der Waals surface area contributed by atoms with Crippen LogP contribution in [-0.2, 0) is 11.2 Å². The van der Waals surface area contributed by atoms with Gasteiger partial charge in [0.1, 0.15) is 17.4 Å². The quantitative estimate of drug-likeness (QED) is 0.428. The van der Waals surface area contributed by atoms with Crippen molar-refractivity contribution in [2.75, 3.05) is 0 Å². The summed E-state index contributed by atoms with van der Waals surface area (Å²) in [4.78, 5) is 14.6. The minimum atomic E-state index is -0.741. The third-order valence-corrected chi connectivity index (χ3v) is 3.70. The number of hydrogen-bond donors (Lipinski definition) is 0. The fourth-order valence-electron chi connectivity index (χ4n) is 2.79. The lowest BCUT2D eigenvalue weighted by molar-refractivity contribution is -0.120. The molecule has 1 aromatic carbocycles. The summed E-state index contributed by atoms with van der Waals surface area (Å²) < 4.78 is 26.9. The number of nitrogens with zero attached hydrogens (tertiary/aromatic N) is 3. The lowest BCUT2D eigenvalue weighted by atomic mass is 9.99. The zero-order chi connectivity index (χ0) is 12.9. The Morgan fingerprint density at radius 1 is 1.39 bits per heavy atom. The second-order valence-electron chi connectivity index (χ2n) is 4.75. The number of rotatable bonds is 1. The van der Waals surface area contributed by atoms with Crippen LogP contribution in [0.15, 0.2) is 17.2 Å². The average Bonchev–Trinajstić information content (AvgIpc) is 3.08. The number of fused-ring (bicyclic) bond motifs is 3. The average molecular weight is 249 g/mol. The maximum absolute atomic E-state index is 13.7. The third kappa shape index (κ3) is 1.57. The Balaban J connectivity index is 2.10. The lowest BCUT2D eigenvalue weighted by Crippen LogP contribution is -2.21. The predicted molar refractivity (Wildman–Crippen MR) is 58.9 cm³/mol. The molecule has 0 amide bonds. The Kier molecular flexibility index (Phi) is 2.35. The van der Waals surface area contributed by atoms with E-state index in [1.54, 1.807) is 0 Å². The second kappa shape index (κ2) is 3.78. The molecular weight excluding hydrogens is 240 g/mol. The highest BCUT2D eigenvalue weighted by molar-refractivity contribution is 5.88. The van der Waals surface area contributed by atoms with Gasteiger partial charge in [0.25, 0.3) is 0 Å². The van der Waals surface area contributed by atoms with Gasteiger partial charge in [-0.3, -0.25) is 4.79 Å². The topological polar surface area (TPSA) is 65.8 Å². The molecule has 0 radical (unpaired) electrons.